The molecule has 0 saturated heterocycles. The van der Waals surface area contributed by atoms with Crippen molar-refractivity contribution in [1.82, 2.24) is 14.5 Å². The Balaban J connectivity index is 2.25. The highest BCUT2D eigenvalue weighted by Gasteiger charge is 2.31. The molecule has 0 saturated carbocycles. The van der Waals surface area contributed by atoms with Gasteiger partial charge < -0.3 is 14.1 Å². The van der Waals surface area contributed by atoms with E-state index in [0.717, 1.165) is 0 Å². The van der Waals surface area contributed by atoms with Crippen molar-refractivity contribution in [3.8, 4) is 0 Å². The molecule has 23 heavy (non-hydrogen) atoms. The van der Waals surface area contributed by atoms with Crippen molar-refractivity contribution < 1.29 is 18.7 Å². The maximum absolute atomic E-state index is 12.7. The van der Waals surface area contributed by atoms with Gasteiger partial charge in [-0.2, -0.15) is 0 Å². The molecule has 0 bridgehead atoms. The van der Waals surface area contributed by atoms with Gasteiger partial charge >= 0.3 is 12.0 Å². The molecule has 122 valence electrons. The summed E-state index contributed by atoms with van der Waals surface area (Å²) in [6, 6.07) is 2.37. The van der Waals surface area contributed by atoms with Gasteiger partial charge in [-0.1, -0.05) is 19.6 Å². The van der Waals surface area contributed by atoms with Gasteiger partial charge in [-0.25, -0.2) is 14.6 Å². The quantitative estimate of drug-likeness (QED) is 0.579. The number of ether oxygens (including phenoxy) is 1. The van der Waals surface area contributed by atoms with Crippen LogP contribution in [-0.4, -0.2) is 39.1 Å². The standard InChI is InChI=1S/C16H19N3O4/c1-3-9-23-15(20)14(4-2)19(11-13-6-5-10-22-13)16(21)18-8-7-17-12-18/h3,5-8,10,12,14H,1,4,9,11H2,2H3/t14-/m0/s1. The van der Waals surface area contributed by atoms with Crippen LogP contribution in [0.1, 0.15) is 19.1 Å². The van der Waals surface area contributed by atoms with Gasteiger partial charge in [0.15, 0.2) is 0 Å². The lowest BCUT2D eigenvalue weighted by Crippen LogP contribution is -2.46. The van der Waals surface area contributed by atoms with Gasteiger partial charge in [0.2, 0.25) is 0 Å². The molecule has 7 nitrogen and oxygen atoms in total. The van der Waals surface area contributed by atoms with Crippen LogP contribution in [0.5, 0.6) is 0 Å². The van der Waals surface area contributed by atoms with Gasteiger partial charge in [0.25, 0.3) is 0 Å². The van der Waals surface area contributed by atoms with Crippen LogP contribution in [0.25, 0.3) is 0 Å². The molecule has 2 aromatic rings. The zero-order valence-electron chi connectivity index (χ0n) is 12.9. The van der Waals surface area contributed by atoms with Crippen molar-refractivity contribution in [2.75, 3.05) is 6.61 Å². The van der Waals surface area contributed by atoms with E-state index in [9.17, 15) is 9.59 Å². The van der Waals surface area contributed by atoms with E-state index in [2.05, 4.69) is 11.6 Å². The van der Waals surface area contributed by atoms with Gasteiger partial charge in [-0.3, -0.25) is 4.57 Å². The lowest BCUT2D eigenvalue weighted by molar-refractivity contribution is -0.148. The number of amides is 1. The average Bonchev–Trinajstić information content (AvgIpc) is 3.25. The SMILES string of the molecule is C=CCOC(=O)[C@H](CC)N(Cc1ccco1)C(=O)n1ccnc1. The molecule has 0 aromatic carbocycles. The minimum atomic E-state index is -0.727. The highest BCUT2D eigenvalue weighted by Crippen LogP contribution is 2.15. The number of carbonyl (C=O) groups excluding carboxylic acids is 2. The summed E-state index contributed by atoms with van der Waals surface area (Å²) in [7, 11) is 0. The van der Waals surface area contributed by atoms with Gasteiger partial charge in [-0.05, 0) is 18.6 Å². The fourth-order valence-corrected chi connectivity index (χ4v) is 2.15. The number of aromatic nitrogens is 2. The second-order valence-corrected chi connectivity index (χ2v) is 4.80. The Labute approximate surface area is 134 Å². The van der Waals surface area contributed by atoms with Crippen molar-refractivity contribution in [3.63, 3.8) is 0 Å². The largest absolute Gasteiger partial charge is 0.467 e. The summed E-state index contributed by atoms with van der Waals surface area (Å²) in [6.45, 7) is 5.59. The van der Waals surface area contributed by atoms with Crippen molar-refractivity contribution in [2.45, 2.75) is 25.9 Å². The number of imidazole rings is 1. The van der Waals surface area contributed by atoms with Gasteiger partial charge in [0.05, 0.1) is 12.8 Å². The molecule has 2 aromatic heterocycles. The zero-order chi connectivity index (χ0) is 16.7. The van der Waals surface area contributed by atoms with Crippen LogP contribution in [0.2, 0.25) is 0 Å². The van der Waals surface area contributed by atoms with Crippen molar-refractivity contribution in [1.29, 1.82) is 0 Å². The van der Waals surface area contributed by atoms with E-state index in [1.165, 1.54) is 40.5 Å². The third-order valence-corrected chi connectivity index (χ3v) is 3.26. The van der Waals surface area contributed by atoms with E-state index >= 15 is 0 Å². The van der Waals surface area contributed by atoms with E-state index in [0.29, 0.717) is 12.2 Å². The maximum Gasteiger partial charge on any atom is 0.330 e. The molecule has 0 fully saturated rings. The minimum Gasteiger partial charge on any atom is -0.467 e. The van der Waals surface area contributed by atoms with Crippen molar-refractivity contribution in [3.05, 3.63) is 55.5 Å². The monoisotopic (exact) mass is 317 g/mol. The summed E-state index contributed by atoms with van der Waals surface area (Å²) in [4.78, 5) is 30.2. The average molecular weight is 317 g/mol. The summed E-state index contributed by atoms with van der Waals surface area (Å²) in [5.41, 5.74) is 0. The number of nitrogens with zero attached hydrogens (tertiary/aromatic N) is 3. The van der Waals surface area contributed by atoms with Crippen molar-refractivity contribution >= 4 is 12.0 Å². The highest BCUT2D eigenvalue weighted by atomic mass is 16.5. The van der Waals surface area contributed by atoms with E-state index in [1.807, 2.05) is 6.92 Å². The molecule has 0 aliphatic heterocycles. The molecule has 0 unspecified atom stereocenters. The molecule has 0 radical (unpaired) electrons. The smallest absolute Gasteiger partial charge is 0.330 e. The maximum atomic E-state index is 12.7. The van der Waals surface area contributed by atoms with E-state index in [1.54, 1.807) is 12.1 Å². The molecule has 0 N–H and O–H groups in total. The topological polar surface area (TPSA) is 77.6 Å². The minimum absolute atomic E-state index is 0.100. The number of hydrogen-bond acceptors (Lipinski definition) is 5. The Bertz CT molecular complexity index is 634. The molecule has 0 spiro atoms. The molecule has 2 heterocycles. The van der Waals surface area contributed by atoms with Crippen LogP contribution >= 0.6 is 0 Å². The zero-order valence-corrected chi connectivity index (χ0v) is 12.9. The molecule has 0 aliphatic rings. The highest BCUT2D eigenvalue weighted by molar-refractivity contribution is 5.84. The number of carbonyl (C=O) groups is 2. The van der Waals surface area contributed by atoms with E-state index in [4.69, 9.17) is 9.15 Å². The van der Waals surface area contributed by atoms with Crippen LogP contribution in [0.15, 0.2) is 54.2 Å². The number of esters is 1. The third-order valence-electron chi connectivity index (χ3n) is 3.26. The number of rotatable bonds is 7. The third kappa shape index (κ3) is 4.09. The molecule has 1 amide bonds. The molecule has 7 heteroatoms. The van der Waals surface area contributed by atoms with Crippen LogP contribution in [0.3, 0.4) is 0 Å². The Morgan fingerprint density at radius 1 is 1.57 bits per heavy atom. The normalized spacial score (nSPS) is 11.7. The molecular weight excluding hydrogens is 298 g/mol. The number of hydrogen-bond donors (Lipinski definition) is 0. The predicted molar refractivity (Wildman–Crippen MR) is 82.5 cm³/mol. The molecule has 2 rings (SSSR count). The summed E-state index contributed by atoms with van der Waals surface area (Å²) in [6.07, 6.45) is 7.83. The van der Waals surface area contributed by atoms with Crippen LogP contribution in [-0.2, 0) is 16.1 Å². The van der Waals surface area contributed by atoms with Crippen LogP contribution in [0.4, 0.5) is 4.79 Å². The summed E-state index contributed by atoms with van der Waals surface area (Å²) in [5.74, 6) is 0.0980. The fourth-order valence-electron chi connectivity index (χ4n) is 2.15. The van der Waals surface area contributed by atoms with Crippen LogP contribution in [0, 0.1) is 0 Å². The molecule has 1 atom stereocenters. The van der Waals surface area contributed by atoms with E-state index in [-0.39, 0.29) is 19.2 Å². The lowest BCUT2D eigenvalue weighted by Gasteiger charge is -2.28. The van der Waals surface area contributed by atoms with Gasteiger partial charge in [-0.15, -0.1) is 0 Å². The van der Waals surface area contributed by atoms with E-state index < -0.39 is 12.0 Å². The number of furan rings is 1. The second-order valence-electron chi connectivity index (χ2n) is 4.80. The molecule has 0 aliphatic carbocycles. The Morgan fingerprint density at radius 2 is 2.39 bits per heavy atom. The van der Waals surface area contributed by atoms with Crippen LogP contribution < -0.4 is 0 Å². The summed E-state index contributed by atoms with van der Waals surface area (Å²) in [5, 5.41) is 0. The predicted octanol–water partition coefficient (Wildman–Crippen LogP) is 2.45. The first-order valence-electron chi connectivity index (χ1n) is 7.26. The lowest BCUT2D eigenvalue weighted by atomic mass is 10.2. The first kappa shape index (κ1) is 16.5. The van der Waals surface area contributed by atoms with Crippen molar-refractivity contribution in [2.24, 2.45) is 0 Å². The van der Waals surface area contributed by atoms with Gasteiger partial charge in [0.1, 0.15) is 24.7 Å². The first-order valence-corrected chi connectivity index (χ1v) is 7.26. The summed E-state index contributed by atoms with van der Waals surface area (Å²) < 4.78 is 11.7. The second kappa shape index (κ2) is 7.98. The molecular formula is C16H19N3O4. The first-order chi connectivity index (χ1) is 11.2. The van der Waals surface area contributed by atoms with Gasteiger partial charge in [0, 0.05) is 12.4 Å². The Morgan fingerprint density at radius 3 is 2.96 bits per heavy atom. The summed E-state index contributed by atoms with van der Waals surface area (Å²) >= 11 is 0. The Kier molecular flexibility index (Phi) is 5.74. The fraction of sp³-hybridized carbons (Fsp3) is 0.312. The Hall–Kier alpha value is -2.83.